The molecule has 20 heavy (non-hydrogen) atoms. The predicted octanol–water partition coefficient (Wildman–Crippen LogP) is 2.21. The SMILES string of the molecule is CC(C)N(Cc1ccccn1)C(=O)C1(C)CCNCC1. The molecular weight excluding hydrogens is 250 g/mol. The molecule has 0 aliphatic carbocycles. The highest BCUT2D eigenvalue weighted by atomic mass is 16.2. The lowest BCUT2D eigenvalue weighted by Crippen LogP contribution is -2.49. The van der Waals surface area contributed by atoms with E-state index >= 15 is 0 Å². The maximum absolute atomic E-state index is 12.9. The minimum absolute atomic E-state index is 0.191. The molecule has 0 unspecified atom stereocenters. The van der Waals surface area contributed by atoms with Crippen molar-refractivity contribution in [1.82, 2.24) is 15.2 Å². The number of carbonyl (C=O) groups excluding carboxylic acids is 1. The van der Waals surface area contributed by atoms with E-state index in [4.69, 9.17) is 0 Å². The molecule has 2 heterocycles. The molecule has 0 spiro atoms. The summed E-state index contributed by atoms with van der Waals surface area (Å²) in [6.45, 7) is 8.70. The number of hydrogen-bond donors (Lipinski definition) is 1. The van der Waals surface area contributed by atoms with E-state index in [0.717, 1.165) is 31.6 Å². The molecule has 1 aromatic rings. The third-order valence-corrected chi connectivity index (χ3v) is 4.17. The molecular formula is C16H25N3O. The fourth-order valence-corrected chi connectivity index (χ4v) is 2.69. The van der Waals surface area contributed by atoms with Crippen molar-refractivity contribution >= 4 is 5.91 Å². The minimum Gasteiger partial charge on any atom is -0.334 e. The second-order valence-electron chi connectivity index (χ2n) is 6.16. The van der Waals surface area contributed by atoms with Crippen LogP contribution in [-0.4, -0.2) is 34.9 Å². The Morgan fingerprint density at radius 3 is 2.65 bits per heavy atom. The number of hydrogen-bond acceptors (Lipinski definition) is 3. The number of pyridine rings is 1. The summed E-state index contributed by atoms with van der Waals surface area (Å²) in [5.41, 5.74) is 0.719. The van der Waals surface area contributed by atoms with Crippen LogP contribution in [-0.2, 0) is 11.3 Å². The number of nitrogens with one attached hydrogen (secondary N) is 1. The predicted molar refractivity (Wildman–Crippen MR) is 80.1 cm³/mol. The van der Waals surface area contributed by atoms with Crippen molar-refractivity contribution in [3.05, 3.63) is 30.1 Å². The van der Waals surface area contributed by atoms with Crippen LogP contribution < -0.4 is 5.32 Å². The van der Waals surface area contributed by atoms with Crippen molar-refractivity contribution in [1.29, 1.82) is 0 Å². The van der Waals surface area contributed by atoms with Gasteiger partial charge in [-0.1, -0.05) is 13.0 Å². The van der Waals surface area contributed by atoms with Crippen molar-refractivity contribution < 1.29 is 4.79 Å². The Hall–Kier alpha value is -1.42. The van der Waals surface area contributed by atoms with Crippen molar-refractivity contribution in [2.24, 2.45) is 5.41 Å². The van der Waals surface area contributed by atoms with Crippen LogP contribution in [0.5, 0.6) is 0 Å². The first-order valence-electron chi connectivity index (χ1n) is 7.45. The Kier molecular flexibility index (Phi) is 4.76. The van der Waals surface area contributed by atoms with E-state index in [1.165, 1.54) is 0 Å². The quantitative estimate of drug-likeness (QED) is 0.916. The molecule has 0 radical (unpaired) electrons. The summed E-state index contributed by atoms with van der Waals surface area (Å²) in [7, 11) is 0. The average Bonchev–Trinajstić information content (AvgIpc) is 2.45. The topological polar surface area (TPSA) is 45.2 Å². The van der Waals surface area contributed by atoms with Gasteiger partial charge >= 0.3 is 0 Å². The van der Waals surface area contributed by atoms with E-state index in [0.29, 0.717) is 6.54 Å². The molecule has 1 fully saturated rings. The second-order valence-corrected chi connectivity index (χ2v) is 6.16. The van der Waals surface area contributed by atoms with Gasteiger partial charge in [0.05, 0.1) is 12.2 Å². The number of amides is 1. The Bertz CT molecular complexity index is 438. The van der Waals surface area contributed by atoms with Crippen LogP contribution in [0.25, 0.3) is 0 Å². The maximum atomic E-state index is 12.9. The fourth-order valence-electron chi connectivity index (χ4n) is 2.69. The van der Waals surface area contributed by atoms with Gasteiger partial charge in [0, 0.05) is 17.7 Å². The monoisotopic (exact) mass is 275 g/mol. The minimum atomic E-state index is -0.232. The summed E-state index contributed by atoms with van der Waals surface area (Å²) in [5.74, 6) is 0.264. The number of nitrogens with zero attached hydrogens (tertiary/aromatic N) is 2. The van der Waals surface area contributed by atoms with Gasteiger partial charge in [-0.25, -0.2) is 0 Å². The molecule has 1 aromatic heterocycles. The largest absolute Gasteiger partial charge is 0.334 e. The van der Waals surface area contributed by atoms with E-state index in [9.17, 15) is 4.79 Å². The van der Waals surface area contributed by atoms with Crippen LogP contribution in [0.3, 0.4) is 0 Å². The highest BCUT2D eigenvalue weighted by Gasteiger charge is 2.38. The third kappa shape index (κ3) is 3.37. The van der Waals surface area contributed by atoms with E-state index < -0.39 is 0 Å². The number of aromatic nitrogens is 1. The van der Waals surface area contributed by atoms with Crippen LogP contribution in [0.4, 0.5) is 0 Å². The van der Waals surface area contributed by atoms with Crippen LogP contribution in [0, 0.1) is 5.41 Å². The van der Waals surface area contributed by atoms with Gasteiger partial charge in [-0.3, -0.25) is 9.78 Å². The Morgan fingerprint density at radius 1 is 1.40 bits per heavy atom. The highest BCUT2D eigenvalue weighted by molar-refractivity contribution is 5.82. The molecule has 0 atom stereocenters. The van der Waals surface area contributed by atoms with Gasteiger partial charge in [0.1, 0.15) is 0 Å². The fraction of sp³-hybridized carbons (Fsp3) is 0.625. The number of rotatable bonds is 4. The van der Waals surface area contributed by atoms with Crippen LogP contribution in [0.2, 0.25) is 0 Å². The average molecular weight is 275 g/mol. The van der Waals surface area contributed by atoms with E-state index in [2.05, 4.69) is 31.1 Å². The summed E-state index contributed by atoms with van der Waals surface area (Å²) in [4.78, 5) is 19.2. The maximum Gasteiger partial charge on any atom is 0.229 e. The van der Waals surface area contributed by atoms with Gasteiger partial charge in [0.2, 0.25) is 5.91 Å². The van der Waals surface area contributed by atoms with Gasteiger partial charge in [0.15, 0.2) is 0 Å². The molecule has 1 N–H and O–H groups in total. The zero-order valence-corrected chi connectivity index (χ0v) is 12.7. The summed E-state index contributed by atoms with van der Waals surface area (Å²) in [5, 5.41) is 3.33. The molecule has 110 valence electrons. The first kappa shape index (κ1) is 15.0. The molecule has 0 bridgehead atoms. The lowest BCUT2D eigenvalue weighted by atomic mass is 9.79. The molecule has 4 heteroatoms. The zero-order chi connectivity index (χ0) is 14.6. The smallest absolute Gasteiger partial charge is 0.229 e. The molecule has 1 aliphatic rings. The summed E-state index contributed by atoms with van der Waals surface area (Å²) >= 11 is 0. The van der Waals surface area contributed by atoms with E-state index in [-0.39, 0.29) is 17.4 Å². The summed E-state index contributed by atoms with van der Waals surface area (Å²) < 4.78 is 0. The van der Waals surface area contributed by atoms with Gasteiger partial charge in [-0.2, -0.15) is 0 Å². The van der Waals surface area contributed by atoms with Crippen molar-refractivity contribution in [3.63, 3.8) is 0 Å². The molecule has 1 saturated heterocycles. The first-order chi connectivity index (χ1) is 9.53. The second kappa shape index (κ2) is 6.35. The molecule has 0 aromatic carbocycles. The standard InChI is InChI=1S/C16H25N3O/c1-13(2)19(12-14-6-4-5-9-18-14)15(20)16(3)7-10-17-11-8-16/h4-6,9,13,17H,7-8,10-12H2,1-3H3. The lowest BCUT2D eigenvalue weighted by Gasteiger charge is -2.39. The Morgan fingerprint density at radius 2 is 2.10 bits per heavy atom. The summed E-state index contributed by atoms with van der Waals surface area (Å²) in [6.07, 6.45) is 3.61. The molecule has 4 nitrogen and oxygen atoms in total. The van der Waals surface area contributed by atoms with Crippen LogP contribution >= 0.6 is 0 Å². The first-order valence-corrected chi connectivity index (χ1v) is 7.45. The Balaban J connectivity index is 2.13. The lowest BCUT2D eigenvalue weighted by molar-refractivity contribution is -0.145. The van der Waals surface area contributed by atoms with Crippen molar-refractivity contribution in [3.8, 4) is 0 Å². The van der Waals surface area contributed by atoms with Crippen LogP contribution in [0.15, 0.2) is 24.4 Å². The number of carbonyl (C=O) groups is 1. The summed E-state index contributed by atoms with van der Waals surface area (Å²) in [6, 6.07) is 6.04. The normalized spacial score (nSPS) is 18.0. The van der Waals surface area contributed by atoms with Crippen molar-refractivity contribution in [2.75, 3.05) is 13.1 Å². The molecule has 0 saturated carbocycles. The van der Waals surface area contributed by atoms with Gasteiger partial charge in [0.25, 0.3) is 0 Å². The highest BCUT2D eigenvalue weighted by Crippen LogP contribution is 2.31. The van der Waals surface area contributed by atoms with E-state index in [1.54, 1.807) is 6.20 Å². The Labute approximate surface area is 121 Å². The van der Waals surface area contributed by atoms with E-state index in [1.807, 2.05) is 23.1 Å². The number of piperidine rings is 1. The van der Waals surface area contributed by atoms with Gasteiger partial charge in [-0.15, -0.1) is 0 Å². The van der Waals surface area contributed by atoms with Crippen molar-refractivity contribution in [2.45, 2.75) is 46.2 Å². The van der Waals surface area contributed by atoms with Gasteiger partial charge < -0.3 is 10.2 Å². The molecule has 2 rings (SSSR count). The molecule has 1 amide bonds. The molecule has 1 aliphatic heterocycles. The zero-order valence-electron chi connectivity index (χ0n) is 12.7. The van der Waals surface area contributed by atoms with Crippen LogP contribution in [0.1, 0.15) is 39.3 Å². The third-order valence-electron chi connectivity index (χ3n) is 4.17. The van der Waals surface area contributed by atoms with Gasteiger partial charge in [-0.05, 0) is 51.9 Å².